The van der Waals surface area contributed by atoms with E-state index in [0.717, 1.165) is 0 Å². The van der Waals surface area contributed by atoms with Gasteiger partial charge in [0, 0.05) is 101 Å². The van der Waals surface area contributed by atoms with E-state index in [9.17, 15) is 28.8 Å². The van der Waals surface area contributed by atoms with E-state index >= 15 is 0 Å². The predicted molar refractivity (Wildman–Crippen MR) is 354 cm³/mol. The van der Waals surface area contributed by atoms with Crippen LogP contribution in [0, 0.1) is 23.7 Å². The van der Waals surface area contributed by atoms with Crippen molar-refractivity contribution < 1.29 is 114 Å². The summed E-state index contributed by atoms with van der Waals surface area (Å²) in [5.74, 6) is -3.18. The molecule has 4 N–H and O–H groups in total. The first-order valence-electron chi connectivity index (χ1n) is 34.9. The lowest BCUT2D eigenvalue weighted by Crippen LogP contribution is -2.53. The van der Waals surface area contributed by atoms with Gasteiger partial charge in [-0.2, -0.15) is 0 Å². The van der Waals surface area contributed by atoms with Gasteiger partial charge in [-0.15, -0.1) is 0 Å². The molecule has 2 aromatic carbocycles. The number of fused-ring (bicyclic) bond motifs is 8. The number of nitrogens with one attached hydrogen (secondary N) is 4. The lowest BCUT2D eigenvalue weighted by atomic mass is 9.79. The molecular weight excluding hydrogens is 1280 g/mol. The molecule has 1 aliphatic heterocycles. The van der Waals surface area contributed by atoms with Gasteiger partial charge in [-0.05, 0) is 88.5 Å². The molecule has 5 fully saturated rings. The van der Waals surface area contributed by atoms with Gasteiger partial charge in [-0.3, -0.25) is 19.2 Å². The summed E-state index contributed by atoms with van der Waals surface area (Å²) in [5, 5.41) is 13.0. The highest BCUT2D eigenvalue weighted by Gasteiger charge is 2.42. The monoisotopic (exact) mass is 1390 g/mol. The quantitative estimate of drug-likeness (QED) is 0.0520. The molecule has 4 amide bonds. The number of benzene rings is 2. The predicted octanol–water partition coefficient (Wildman–Crippen LogP) is 4.60. The normalized spacial score (nSPS) is 23.7. The highest BCUT2D eigenvalue weighted by atomic mass is 16.6. The molecule has 1 saturated heterocycles. The van der Waals surface area contributed by atoms with Gasteiger partial charge in [-0.25, -0.2) is 9.59 Å². The fraction of sp³-hybridized carbons (Fsp3) is 0.743. The van der Waals surface area contributed by atoms with Crippen molar-refractivity contribution in [2.45, 2.75) is 126 Å². The molecule has 8 bridgehead atoms. The highest BCUT2D eigenvalue weighted by Crippen LogP contribution is 2.35. The van der Waals surface area contributed by atoms with Crippen LogP contribution >= 0.6 is 0 Å². The molecule has 7 rings (SSSR count). The average Bonchev–Trinajstić information content (AvgIpc) is 0.838. The van der Waals surface area contributed by atoms with E-state index in [-0.39, 0.29) is 125 Å². The molecule has 2 aromatic rings. The number of carbonyl (C=O) groups is 6. The van der Waals surface area contributed by atoms with E-state index in [0.29, 0.717) is 193 Å². The van der Waals surface area contributed by atoms with E-state index in [4.69, 9.17) is 85.3 Å². The molecule has 4 saturated carbocycles. The van der Waals surface area contributed by atoms with Crippen LogP contribution in [0.1, 0.15) is 111 Å². The van der Waals surface area contributed by atoms with Gasteiger partial charge in [0.05, 0.1) is 143 Å². The molecule has 28 heteroatoms. The molecule has 0 unspecified atom stereocenters. The first-order chi connectivity index (χ1) is 47.9. The Labute approximate surface area is 576 Å². The van der Waals surface area contributed by atoms with Crippen molar-refractivity contribution in [3.63, 3.8) is 0 Å². The van der Waals surface area contributed by atoms with Crippen molar-refractivity contribution in [1.29, 1.82) is 0 Å². The Kier molecular flexibility index (Phi) is 37.6. The topological polar surface area (TPSA) is 317 Å². The van der Waals surface area contributed by atoms with Crippen LogP contribution in [-0.2, 0) is 85.5 Å². The first-order valence-corrected chi connectivity index (χ1v) is 34.9. The molecule has 28 nitrogen and oxygen atoms in total. The summed E-state index contributed by atoms with van der Waals surface area (Å²) in [6.45, 7) is 8.32. The zero-order valence-corrected chi connectivity index (χ0v) is 57.9. The number of esters is 2. The Bertz CT molecular complexity index is 2400. The van der Waals surface area contributed by atoms with Gasteiger partial charge in [0.15, 0.2) is 0 Å². The summed E-state index contributed by atoms with van der Waals surface area (Å²) in [4.78, 5) is 86.8. The zero-order valence-electron chi connectivity index (χ0n) is 57.9. The van der Waals surface area contributed by atoms with Crippen molar-refractivity contribution in [2.24, 2.45) is 23.7 Å². The van der Waals surface area contributed by atoms with Crippen LogP contribution in [0.4, 0.5) is 0 Å². The average molecular weight is 1390 g/mol. The second-order valence-electron chi connectivity index (χ2n) is 25.1. The van der Waals surface area contributed by atoms with E-state index < -0.39 is 59.9 Å². The Morgan fingerprint density at radius 2 is 0.561 bits per heavy atom. The number of hydrogen-bond acceptors (Lipinski definition) is 24. The van der Waals surface area contributed by atoms with Crippen LogP contribution in [0.5, 0.6) is 23.0 Å². The molecule has 5 aliphatic rings. The van der Waals surface area contributed by atoms with Crippen LogP contribution in [0.3, 0.4) is 0 Å². The third-order valence-electron chi connectivity index (χ3n) is 17.5. The summed E-state index contributed by atoms with van der Waals surface area (Å²) in [6.07, 6.45) is 4.38. The van der Waals surface area contributed by atoms with Crippen molar-refractivity contribution in [3.8, 4) is 23.0 Å². The van der Waals surface area contributed by atoms with Crippen LogP contribution in [-0.4, -0.2) is 259 Å². The van der Waals surface area contributed by atoms with Crippen molar-refractivity contribution >= 4 is 35.6 Å². The lowest BCUT2D eigenvalue weighted by molar-refractivity contribution is -0.134. The molecule has 552 valence electrons. The summed E-state index contributed by atoms with van der Waals surface area (Å²) >= 11 is 0. The number of hydrogen-bond donors (Lipinski definition) is 4. The van der Waals surface area contributed by atoms with Crippen molar-refractivity contribution in [1.82, 2.24) is 21.3 Å². The largest absolute Gasteiger partial charge is 0.491 e. The van der Waals surface area contributed by atoms with E-state index in [1.165, 1.54) is 0 Å². The third kappa shape index (κ3) is 30.0. The molecule has 4 aliphatic carbocycles. The van der Waals surface area contributed by atoms with Crippen LogP contribution < -0.4 is 40.2 Å². The van der Waals surface area contributed by atoms with Gasteiger partial charge in [-0.1, -0.05) is 12.8 Å². The SMILES string of the molecule is COCCOCCOCCOc1cc(OCCOCCOCCOC)cc(C(=O)O[C@H]2C[C@@H]3C[C@H](C2)C(=O)N[C@H]2CCC[C@H](C2)C(=O)N[C@@H]2C[C@H](OC(=O)c4cc(OCCOCCOCCOC)cc(OCCOCCOCCOC)c4)C[C@@H](C2)C(=O)N[C@H]2CCC[C@H](C2)C(=O)N3)c1. The maximum atomic E-state index is 14.6. The van der Waals surface area contributed by atoms with Gasteiger partial charge >= 0.3 is 11.9 Å². The van der Waals surface area contributed by atoms with Gasteiger partial charge in [0.2, 0.25) is 23.6 Å². The molecule has 98 heavy (non-hydrogen) atoms. The maximum absolute atomic E-state index is 14.6. The Morgan fingerprint density at radius 1 is 0.306 bits per heavy atom. The maximum Gasteiger partial charge on any atom is 0.338 e. The summed E-state index contributed by atoms with van der Waals surface area (Å²) in [6, 6.07) is 7.80. The van der Waals surface area contributed by atoms with Crippen molar-refractivity contribution in [2.75, 3.05) is 187 Å². The number of amides is 4. The van der Waals surface area contributed by atoms with Gasteiger partial charge in [0.1, 0.15) is 61.6 Å². The van der Waals surface area contributed by atoms with E-state index in [2.05, 4.69) is 21.3 Å². The third-order valence-corrected chi connectivity index (χ3v) is 17.5. The standard InChI is InChI=1S/C70H108N4O24/c1-81-11-15-85-19-23-89-27-31-93-59-41-53(42-60(47-59)94-32-28-90-24-20-86-16-12-82-2)69(79)97-63-39-51-37-57(45-63)73-65(75)49-7-5-10-56(35-49)72-68(78)52-38-58(74-66(76)50-8-6-9-55(36-50)71-67(51)77)46-64(40-52)98-70(80)54-43-61(95-33-29-91-25-21-87-17-13-83-3)48-62(44-54)96-34-30-92-26-22-88-18-14-84-4/h41-44,47-52,55-58,63-64H,5-40,45-46H2,1-4H3,(H,71,77)(H,72,78)(H,73,75)(H,74,76)/t49-,50-,51-,52-,55+,56+,57+,58+,63-,64-/m1/s1. The molecule has 0 aromatic heterocycles. The second-order valence-corrected chi connectivity index (χ2v) is 25.1. The molecular formula is C70H108N4O24. The number of methoxy groups -OCH3 is 4. The van der Waals surface area contributed by atoms with E-state index in [1.807, 2.05) is 0 Å². The summed E-state index contributed by atoms with van der Waals surface area (Å²) < 4.78 is 102. The minimum atomic E-state index is -0.781. The van der Waals surface area contributed by atoms with Gasteiger partial charge in [0.25, 0.3) is 0 Å². The molecule has 10 atom stereocenters. The Balaban J connectivity index is 1.01. The Morgan fingerprint density at radius 3 is 0.857 bits per heavy atom. The van der Waals surface area contributed by atoms with Crippen molar-refractivity contribution in [3.05, 3.63) is 47.5 Å². The fourth-order valence-electron chi connectivity index (χ4n) is 12.7. The highest BCUT2D eigenvalue weighted by molar-refractivity contribution is 5.91. The fourth-order valence-corrected chi connectivity index (χ4v) is 12.7. The summed E-state index contributed by atoms with van der Waals surface area (Å²) in [7, 11) is 6.42. The number of rotatable bonds is 44. The minimum Gasteiger partial charge on any atom is -0.491 e. The van der Waals surface area contributed by atoms with Crippen LogP contribution in [0.15, 0.2) is 36.4 Å². The molecule has 1 heterocycles. The lowest BCUT2D eigenvalue weighted by Gasteiger charge is -2.38. The van der Waals surface area contributed by atoms with Crippen LogP contribution in [0.2, 0.25) is 0 Å². The van der Waals surface area contributed by atoms with Gasteiger partial charge < -0.3 is 107 Å². The van der Waals surface area contributed by atoms with E-state index in [1.54, 1.807) is 64.8 Å². The second kappa shape index (κ2) is 46.4. The number of ether oxygens (including phenoxy) is 18. The number of carbonyl (C=O) groups excluding carboxylic acids is 6. The van der Waals surface area contributed by atoms with Crippen LogP contribution in [0.25, 0.3) is 0 Å². The molecule has 0 radical (unpaired) electrons. The zero-order chi connectivity index (χ0) is 69.4. The minimum absolute atomic E-state index is 0.151. The first kappa shape index (κ1) is 79.3. The Hall–Kier alpha value is -6.02. The smallest absolute Gasteiger partial charge is 0.338 e. The molecule has 0 spiro atoms. The summed E-state index contributed by atoms with van der Waals surface area (Å²) in [5.41, 5.74) is 0.302.